The number of amides is 2. The molecule has 0 aliphatic heterocycles. The number of rotatable bonds is 8. The minimum atomic E-state index is -0.501. The van der Waals surface area contributed by atoms with E-state index >= 15 is 0 Å². The van der Waals surface area contributed by atoms with Crippen LogP contribution in [0.25, 0.3) is 0 Å². The maximum atomic E-state index is 12.5. The number of carbonyl (C=O) groups excluding carboxylic acids is 2. The van der Waals surface area contributed by atoms with Gasteiger partial charge in [0.25, 0.3) is 5.69 Å². The molecule has 0 saturated heterocycles. The SMILES string of the molecule is CCCN(Cc1nc(C(=O)OCC)cs1)C(=O)Nc1ccc([N+](=O)[O-])cc1. The molecule has 9 nitrogen and oxygen atoms in total. The van der Waals surface area contributed by atoms with Gasteiger partial charge in [0.15, 0.2) is 5.69 Å². The summed E-state index contributed by atoms with van der Waals surface area (Å²) in [6.07, 6.45) is 0.740. The second kappa shape index (κ2) is 9.62. The summed E-state index contributed by atoms with van der Waals surface area (Å²) in [5, 5.41) is 15.6. The van der Waals surface area contributed by atoms with Crippen molar-refractivity contribution in [2.75, 3.05) is 18.5 Å². The standard InChI is InChI=1S/C17H20N4O5S/c1-3-9-20(10-15-19-14(11-27-15)16(22)26-4-2)17(23)18-12-5-7-13(8-6-12)21(24)25/h5-8,11H,3-4,9-10H2,1-2H3,(H,18,23). The van der Waals surface area contributed by atoms with Crippen LogP contribution in [0.3, 0.4) is 0 Å². The van der Waals surface area contributed by atoms with Crippen molar-refractivity contribution in [3.8, 4) is 0 Å². The van der Waals surface area contributed by atoms with Crippen molar-refractivity contribution in [2.45, 2.75) is 26.8 Å². The lowest BCUT2D eigenvalue weighted by Crippen LogP contribution is -2.35. The summed E-state index contributed by atoms with van der Waals surface area (Å²) in [5.41, 5.74) is 0.634. The Morgan fingerprint density at radius 1 is 1.30 bits per heavy atom. The van der Waals surface area contributed by atoms with E-state index in [0.717, 1.165) is 6.42 Å². The lowest BCUT2D eigenvalue weighted by molar-refractivity contribution is -0.384. The van der Waals surface area contributed by atoms with Crippen LogP contribution in [-0.2, 0) is 11.3 Å². The van der Waals surface area contributed by atoms with Gasteiger partial charge in [0.05, 0.1) is 18.1 Å². The van der Waals surface area contributed by atoms with E-state index < -0.39 is 10.9 Å². The van der Waals surface area contributed by atoms with Gasteiger partial charge in [-0.15, -0.1) is 11.3 Å². The van der Waals surface area contributed by atoms with Gasteiger partial charge >= 0.3 is 12.0 Å². The lowest BCUT2D eigenvalue weighted by Gasteiger charge is -2.21. The molecule has 1 aromatic heterocycles. The number of hydrogen-bond donors (Lipinski definition) is 1. The van der Waals surface area contributed by atoms with Gasteiger partial charge < -0.3 is 15.0 Å². The summed E-state index contributed by atoms with van der Waals surface area (Å²) in [5.74, 6) is -0.489. The van der Waals surface area contributed by atoms with Crippen LogP contribution in [0.5, 0.6) is 0 Å². The van der Waals surface area contributed by atoms with Crippen LogP contribution >= 0.6 is 11.3 Å². The predicted molar refractivity (Wildman–Crippen MR) is 101 cm³/mol. The summed E-state index contributed by atoms with van der Waals surface area (Å²) in [4.78, 5) is 40.2. The van der Waals surface area contributed by atoms with Crippen LogP contribution in [0.4, 0.5) is 16.2 Å². The number of esters is 1. The van der Waals surface area contributed by atoms with Crippen LogP contribution in [0.1, 0.15) is 35.8 Å². The quantitative estimate of drug-likeness (QED) is 0.416. The summed E-state index contributed by atoms with van der Waals surface area (Å²) in [6.45, 7) is 4.67. The summed E-state index contributed by atoms with van der Waals surface area (Å²) in [6, 6.07) is 5.25. The number of anilines is 1. The van der Waals surface area contributed by atoms with E-state index in [4.69, 9.17) is 4.74 Å². The average molecular weight is 392 g/mol. The van der Waals surface area contributed by atoms with Crippen LogP contribution in [0, 0.1) is 10.1 Å². The molecule has 0 aliphatic carbocycles. The van der Waals surface area contributed by atoms with E-state index in [-0.39, 0.29) is 30.6 Å². The van der Waals surface area contributed by atoms with Crippen molar-refractivity contribution >= 4 is 34.7 Å². The monoisotopic (exact) mass is 392 g/mol. The third kappa shape index (κ3) is 5.74. The number of nitrogens with one attached hydrogen (secondary N) is 1. The molecular formula is C17H20N4O5S. The Labute approximate surface area is 160 Å². The molecule has 1 heterocycles. The predicted octanol–water partition coefficient (Wildman–Crippen LogP) is 3.67. The summed E-state index contributed by atoms with van der Waals surface area (Å²) < 4.78 is 4.91. The molecule has 0 unspecified atom stereocenters. The number of aromatic nitrogens is 1. The largest absolute Gasteiger partial charge is 0.461 e. The van der Waals surface area contributed by atoms with Gasteiger partial charge in [-0.05, 0) is 25.5 Å². The highest BCUT2D eigenvalue weighted by Gasteiger charge is 2.18. The second-order valence-electron chi connectivity index (χ2n) is 5.50. The maximum Gasteiger partial charge on any atom is 0.357 e. The third-order valence-corrected chi connectivity index (χ3v) is 4.31. The molecule has 2 amide bonds. The van der Waals surface area contributed by atoms with Gasteiger partial charge in [-0.25, -0.2) is 14.6 Å². The zero-order valence-electron chi connectivity index (χ0n) is 15.0. The molecule has 0 saturated carbocycles. The molecule has 27 heavy (non-hydrogen) atoms. The number of carbonyl (C=O) groups is 2. The van der Waals surface area contributed by atoms with E-state index in [0.29, 0.717) is 17.2 Å². The van der Waals surface area contributed by atoms with E-state index in [1.165, 1.54) is 35.6 Å². The molecule has 144 valence electrons. The van der Waals surface area contributed by atoms with E-state index in [2.05, 4.69) is 10.3 Å². The molecule has 2 rings (SSSR count). The van der Waals surface area contributed by atoms with Crippen molar-refractivity contribution in [3.05, 3.63) is 50.5 Å². The Morgan fingerprint density at radius 3 is 2.59 bits per heavy atom. The van der Waals surface area contributed by atoms with Gasteiger partial charge in [0.1, 0.15) is 5.01 Å². The first-order valence-corrected chi connectivity index (χ1v) is 9.24. The Morgan fingerprint density at radius 2 is 2.00 bits per heavy atom. The molecule has 0 fully saturated rings. The number of thiazole rings is 1. The first-order valence-electron chi connectivity index (χ1n) is 8.36. The normalized spacial score (nSPS) is 10.3. The molecular weight excluding hydrogens is 372 g/mol. The van der Waals surface area contributed by atoms with E-state index in [1.807, 2.05) is 6.92 Å². The zero-order valence-corrected chi connectivity index (χ0v) is 15.8. The van der Waals surface area contributed by atoms with Crippen LogP contribution < -0.4 is 5.32 Å². The number of urea groups is 1. The smallest absolute Gasteiger partial charge is 0.357 e. The van der Waals surface area contributed by atoms with Crippen molar-refractivity contribution in [1.82, 2.24) is 9.88 Å². The molecule has 10 heteroatoms. The number of nitro benzene ring substituents is 1. The highest BCUT2D eigenvalue weighted by atomic mass is 32.1. The van der Waals surface area contributed by atoms with Gasteiger partial charge in [0, 0.05) is 29.7 Å². The van der Waals surface area contributed by atoms with Gasteiger partial charge in [-0.3, -0.25) is 10.1 Å². The maximum absolute atomic E-state index is 12.5. The number of nitro groups is 1. The van der Waals surface area contributed by atoms with E-state index in [1.54, 1.807) is 17.2 Å². The molecule has 0 radical (unpaired) electrons. The number of non-ortho nitro benzene ring substituents is 1. The number of nitrogens with zero attached hydrogens (tertiary/aromatic N) is 3. The van der Waals surface area contributed by atoms with Crippen LogP contribution in [0.2, 0.25) is 0 Å². The van der Waals surface area contributed by atoms with Gasteiger partial charge in [0.2, 0.25) is 0 Å². The highest BCUT2D eigenvalue weighted by molar-refractivity contribution is 7.09. The van der Waals surface area contributed by atoms with Crippen LogP contribution in [0.15, 0.2) is 29.6 Å². The number of hydrogen-bond acceptors (Lipinski definition) is 7. The average Bonchev–Trinajstić information content (AvgIpc) is 3.11. The Kier molecular flexibility index (Phi) is 7.24. The van der Waals surface area contributed by atoms with Crippen molar-refractivity contribution in [3.63, 3.8) is 0 Å². The fourth-order valence-electron chi connectivity index (χ4n) is 2.24. The van der Waals surface area contributed by atoms with Gasteiger partial charge in [-0.1, -0.05) is 6.92 Å². The van der Waals surface area contributed by atoms with Gasteiger partial charge in [-0.2, -0.15) is 0 Å². The molecule has 1 aromatic carbocycles. The highest BCUT2D eigenvalue weighted by Crippen LogP contribution is 2.18. The number of benzene rings is 1. The molecule has 0 spiro atoms. The fourth-order valence-corrected chi connectivity index (χ4v) is 3.01. The summed E-state index contributed by atoms with van der Waals surface area (Å²) >= 11 is 1.28. The topological polar surface area (TPSA) is 115 Å². The summed E-state index contributed by atoms with van der Waals surface area (Å²) in [7, 11) is 0. The van der Waals surface area contributed by atoms with Crippen molar-refractivity contribution in [1.29, 1.82) is 0 Å². The zero-order chi connectivity index (χ0) is 19.8. The molecule has 0 atom stereocenters. The Hall–Kier alpha value is -3.01. The molecule has 1 N–H and O–H groups in total. The minimum Gasteiger partial charge on any atom is -0.461 e. The first kappa shape index (κ1) is 20.3. The molecule has 2 aromatic rings. The third-order valence-electron chi connectivity index (χ3n) is 3.47. The van der Waals surface area contributed by atoms with E-state index in [9.17, 15) is 19.7 Å². The number of ether oxygens (including phenoxy) is 1. The first-order chi connectivity index (χ1) is 12.9. The van der Waals surface area contributed by atoms with Crippen molar-refractivity contribution < 1.29 is 19.2 Å². The minimum absolute atomic E-state index is 0.0484. The van der Waals surface area contributed by atoms with Crippen molar-refractivity contribution in [2.24, 2.45) is 0 Å². The Balaban J connectivity index is 2.04. The Bertz CT molecular complexity index is 806. The fraction of sp³-hybridized carbons (Fsp3) is 0.353. The lowest BCUT2D eigenvalue weighted by atomic mass is 10.3. The molecule has 0 bridgehead atoms. The van der Waals surface area contributed by atoms with Crippen LogP contribution in [-0.4, -0.2) is 40.0 Å². The second-order valence-corrected chi connectivity index (χ2v) is 6.45. The molecule has 0 aliphatic rings.